The molecule has 2 rings (SSSR count). The Morgan fingerprint density at radius 1 is 1.24 bits per heavy atom. The Balaban J connectivity index is 2.21. The largest absolute Gasteiger partial charge is 0.305 e. The molecule has 0 N–H and O–H groups in total. The average Bonchev–Trinajstić information content (AvgIpc) is 2.68. The van der Waals surface area contributed by atoms with E-state index in [1.165, 1.54) is 4.90 Å². The first-order valence-electron chi connectivity index (χ1n) is 5.57. The first-order valence-corrected chi connectivity index (χ1v) is 5.57. The molecule has 0 radical (unpaired) electrons. The number of carbonyl (C=O) groups is 3. The number of nitrogens with zero attached hydrogens (tertiary/aromatic N) is 1. The van der Waals surface area contributed by atoms with E-state index in [2.05, 4.69) is 0 Å². The highest BCUT2D eigenvalue weighted by atomic mass is 16.2. The van der Waals surface area contributed by atoms with Crippen LogP contribution in [0.4, 0.5) is 5.69 Å². The summed E-state index contributed by atoms with van der Waals surface area (Å²) in [6, 6.07) is 6.80. The molecule has 0 atom stereocenters. The van der Waals surface area contributed by atoms with Crippen molar-refractivity contribution in [3.63, 3.8) is 0 Å². The predicted octanol–water partition coefficient (Wildman–Crippen LogP) is 1.59. The monoisotopic (exact) mass is 231 g/mol. The Bertz CT molecular complexity index is 476. The van der Waals surface area contributed by atoms with Crippen LogP contribution in [0.25, 0.3) is 0 Å². The lowest BCUT2D eigenvalue weighted by molar-refractivity contribution is -0.121. The van der Waals surface area contributed by atoms with Gasteiger partial charge in [-0.1, -0.05) is 6.92 Å². The van der Waals surface area contributed by atoms with Crippen LogP contribution >= 0.6 is 0 Å². The summed E-state index contributed by atoms with van der Waals surface area (Å²) < 4.78 is 0. The highest BCUT2D eigenvalue weighted by Crippen LogP contribution is 2.20. The normalized spacial score (nSPS) is 15.5. The SMILES string of the molecule is CCC(=O)c1ccc(N2CC(=O)CC2=O)cc1. The molecule has 0 aliphatic carbocycles. The van der Waals surface area contributed by atoms with Crippen molar-refractivity contribution in [2.24, 2.45) is 0 Å². The summed E-state index contributed by atoms with van der Waals surface area (Å²) in [6.45, 7) is 1.94. The minimum Gasteiger partial charge on any atom is -0.305 e. The van der Waals surface area contributed by atoms with Gasteiger partial charge >= 0.3 is 0 Å². The van der Waals surface area contributed by atoms with Crippen molar-refractivity contribution in [2.75, 3.05) is 11.4 Å². The van der Waals surface area contributed by atoms with E-state index in [4.69, 9.17) is 0 Å². The number of rotatable bonds is 3. The molecule has 17 heavy (non-hydrogen) atoms. The van der Waals surface area contributed by atoms with Crippen molar-refractivity contribution in [1.29, 1.82) is 0 Å². The molecule has 1 aromatic rings. The molecular weight excluding hydrogens is 218 g/mol. The minimum absolute atomic E-state index is 0.0182. The van der Waals surface area contributed by atoms with Crippen molar-refractivity contribution < 1.29 is 14.4 Å². The molecule has 0 saturated carbocycles. The molecule has 0 bridgehead atoms. The number of benzene rings is 1. The molecule has 1 aliphatic heterocycles. The number of ketones is 2. The van der Waals surface area contributed by atoms with Crippen LogP contribution in [-0.2, 0) is 9.59 Å². The summed E-state index contributed by atoms with van der Waals surface area (Å²) in [5.41, 5.74) is 1.31. The lowest BCUT2D eigenvalue weighted by atomic mass is 10.1. The molecule has 0 aromatic heterocycles. The van der Waals surface area contributed by atoms with Gasteiger partial charge < -0.3 is 4.90 Å². The van der Waals surface area contributed by atoms with Gasteiger partial charge in [-0.05, 0) is 24.3 Å². The molecule has 1 aromatic carbocycles. The van der Waals surface area contributed by atoms with Gasteiger partial charge in [-0.25, -0.2) is 0 Å². The quantitative estimate of drug-likeness (QED) is 0.586. The zero-order valence-corrected chi connectivity index (χ0v) is 9.60. The summed E-state index contributed by atoms with van der Waals surface area (Å²) in [4.78, 5) is 35.5. The second-order valence-electron chi connectivity index (χ2n) is 4.02. The number of hydrogen-bond donors (Lipinski definition) is 0. The molecular formula is C13H13NO3. The van der Waals surface area contributed by atoms with Gasteiger partial charge in [-0.2, -0.15) is 0 Å². The van der Waals surface area contributed by atoms with Gasteiger partial charge in [-0.15, -0.1) is 0 Å². The fourth-order valence-electron chi connectivity index (χ4n) is 1.85. The van der Waals surface area contributed by atoms with Gasteiger partial charge in [0, 0.05) is 17.7 Å². The molecule has 1 amide bonds. The number of amides is 1. The van der Waals surface area contributed by atoms with Crippen LogP contribution in [0.15, 0.2) is 24.3 Å². The van der Waals surface area contributed by atoms with E-state index in [0.29, 0.717) is 17.7 Å². The van der Waals surface area contributed by atoms with Gasteiger partial charge in [0.05, 0.1) is 13.0 Å². The Kier molecular flexibility index (Phi) is 3.04. The zero-order valence-electron chi connectivity index (χ0n) is 9.60. The van der Waals surface area contributed by atoms with Gasteiger partial charge in [0.2, 0.25) is 5.91 Å². The van der Waals surface area contributed by atoms with Gasteiger partial charge in [0.15, 0.2) is 11.6 Å². The van der Waals surface area contributed by atoms with Crippen molar-refractivity contribution in [1.82, 2.24) is 0 Å². The fraction of sp³-hybridized carbons (Fsp3) is 0.308. The van der Waals surface area contributed by atoms with Gasteiger partial charge in [0.1, 0.15) is 0 Å². The highest BCUT2D eigenvalue weighted by molar-refractivity contribution is 6.15. The molecule has 0 unspecified atom stereocenters. The van der Waals surface area contributed by atoms with E-state index in [1.807, 2.05) is 0 Å². The Labute approximate surface area is 99.2 Å². The first-order chi connectivity index (χ1) is 8.11. The maximum absolute atomic E-state index is 11.5. The van der Waals surface area contributed by atoms with Crippen molar-refractivity contribution in [3.8, 4) is 0 Å². The second kappa shape index (κ2) is 4.49. The van der Waals surface area contributed by atoms with Crippen LogP contribution in [0.5, 0.6) is 0 Å². The standard InChI is InChI=1S/C13H13NO3/c1-2-12(16)9-3-5-10(6-4-9)14-8-11(15)7-13(14)17/h3-6H,2,7-8H2,1H3. The van der Waals surface area contributed by atoms with E-state index in [9.17, 15) is 14.4 Å². The third kappa shape index (κ3) is 2.25. The molecule has 1 saturated heterocycles. The van der Waals surface area contributed by atoms with Crippen molar-refractivity contribution in [3.05, 3.63) is 29.8 Å². The van der Waals surface area contributed by atoms with Gasteiger partial charge in [-0.3, -0.25) is 14.4 Å². The Morgan fingerprint density at radius 2 is 1.88 bits per heavy atom. The molecule has 88 valence electrons. The number of hydrogen-bond acceptors (Lipinski definition) is 3. The third-order valence-electron chi connectivity index (χ3n) is 2.81. The third-order valence-corrected chi connectivity index (χ3v) is 2.81. The zero-order chi connectivity index (χ0) is 12.4. The summed E-state index contributed by atoms with van der Waals surface area (Å²) in [5, 5.41) is 0. The molecule has 4 nitrogen and oxygen atoms in total. The molecule has 1 fully saturated rings. The summed E-state index contributed by atoms with van der Waals surface area (Å²) in [6.07, 6.45) is 0.441. The maximum atomic E-state index is 11.5. The topological polar surface area (TPSA) is 54.5 Å². The lowest BCUT2D eigenvalue weighted by Crippen LogP contribution is -2.24. The van der Waals surface area contributed by atoms with E-state index < -0.39 is 0 Å². The van der Waals surface area contributed by atoms with Crippen molar-refractivity contribution in [2.45, 2.75) is 19.8 Å². The van der Waals surface area contributed by atoms with E-state index in [1.54, 1.807) is 31.2 Å². The smallest absolute Gasteiger partial charge is 0.234 e. The van der Waals surface area contributed by atoms with E-state index in [0.717, 1.165) is 0 Å². The number of carbonyl (C=O) groups excluding carboxylic acids is 3. The molecule has 4 heteroatoms. The van der Waals surface area contributed by atoms with Gasteiger partial charge in [0.25, 0.3) is 0 Å². The average molecular weight is 231 g/mol. The lowest BCUT2D eigenvalue weighted by Gasteiger charge is -2.14. The highest BCUT2D eigenvalue weighted by Gasteiger charge is 2.28. The minimum atomic E-state index is -0.176. The van der Waals surface area contributed by atoms with Crippen LogP contribution in [0.1, 0.15) is 30.1 Å². The maximum Gasteiger partial charge on any atom is 0.234 e. The number of anilines is 1. The van der Waals surface area contributed by atoms with E-state index in [-0.39, 0.29) is 30.4 Å². The second-order valence-corrected chi connectivity index (χ2v) is 4.02. The number of Topliss-reactive ketones (excluding diaryl/α,β-unsaturated/α-hetero) is 2. The van der Waals surface area contributed by atoms with Crippen LogP contribution in [-0.4, -0.2) is 24.0 Å². The Hall–Kier alpha value is -1.97. The molecule has 0 spiro atoms. The Morgan fingerprint density at radius 3 is 2.35 bits per heavy atom. The fourth-order valence-corrected chi connectivity index (χ4v) is 1.85. The van der Waals surface area contributed by atoms with Crippen LogP contribution in [0.2, 0.25) is 0 Å². The van der Waals surface area contributed by atoms with Crippen LogP contribution < -0.4 is 4.90 Å². The van der Waals surface area contributed by atoms with E-state index >= 15 is 0 Å². The first kappa shape index (κ1) is 11.5. The molecule has 1 heterocycles. The van der Waals surface area contributed by atoms with Crippen molar-refractivity contribution >= 4 is 23.2 Å². The predicted molar refractivity (Wildman–Crippen MR) is 63.0 cm³/mol. The summed E-state index contributed by atoms with van der Waals surface area (Å²) in [7, 11) is 0. The summed E-state index contributed by atoms with van der Waals surface area (Å²) in [5.74, 6) is -0.173. The van der Waals surface area contributed by atoms with Crippen LogP contribution in [0, 0.1) is 0 Å². The molecule has 1 aliphatic rings. The summed E-state index contributed by atoms with van der Waals surface area (Å²) >= 11 is 0. The van der Waals surface area contributed by atoms with Crippen LogP contribution in [0.3, 0.4) is 0 Å².